The van der Waals surface area contributed by atoms with E-state index in [0.29, 0.717) is 6.04 Å². The third-order valence-corrected chi connectivity index (χ3v) is 6.46. The van der Waals surface area contributed by atoms with Crippen molar-refractivity contribution in [1.29, 1.82) is 0 Å². The molecule has 2 fully saturated rings. The second kappa shape index (κ2) is 7.14. The van der Waals surface area contributed by atoms with E-state index in [2.05, 4.69) is 49.3 Å². The number of thiophene rings is 1. The van der Waals surface area contributed by atoms with E-state index in [-0.39, 0.29) is 11.9 Å². The Labute approximate surface area is 166 Å². The molecule has 1 saturated heterocycles. The van der Waals surface area contributed by atoms with Gasteiger partial charge < -0.3 is 15.5 Å². The highest BCUT2D eigenvalue weighted by molar-refractivity contribution is 7.20. The number of benzene rings is 1. The Morgan fingerprint density at radius 2 is 2.14 bits per heavy atom. The van der Waals surface area contributed by atoms with Crippen molar-refractivity contribution < 1.29 is 4.79 Å². The molecule has 1 saturated carbocycles. The van der Waals surface area contributed by atoms with Crippen LogP contribution in [0.2, 0.25) is 0 Å². The summed E-state index contributed by atoms with van der Waals surface area (Å²) < 4.78 is 2.98. The van der Waals surface area contributed by atoms with Crippen LogP contribution in [0.1, 0.15) is 47.3 Å². The maximum Gasteiger partial charge on any atom is 0.261 e. The lowest BCUT2D eigenvalue weighted by Crippen LogP contribution is -2.43. The summed E-state index contributed by atoms with van der Waals surface area (Å²) in [5.41, 5.74) is 1.21. The predicted octanol–water partition coefficient (Wildman–Crippen LogP) is 2.12. The fourth-order valence-electron chi connectivity index (χ4n) is 3.74. The van der Waals surface area contributed by atoms with Gasteiger partial charge in [-0.25, -0.2) is 4.68 Å². The van der Waals surface area contributed by atoms with E-state index >= 15 is 0 Å². The zero-order chi connectivity index (χ0) is 19.1. The molecule has 2 N–H and O–H groups in total. The lowest BCUT2D eigenvalue weighted by atomic mass is 10.1. The Morgan fingerprint density at radius 1 is 1.32 bits per heavy atom. The molecule has 5 rings (SSSR count). The fraction of sp³-hybridized carbons (Fsp3) is 0.474. The van der Waals surface area contributed by atoms with E-state index < -0.39 is 0 Å². The number of fused-ring (bicyclic) bond motifs is 1. The van der Waals surface area contributed by atoms with Crippen LogP contribution in [0.4, 0.5) is 5.69 Å². The quantitative estimate of drug-likeness (QED) is 0.686. The zero-order valence-electron chi connectivity index (χ0n) is 15.8. The van der Waals surface area contributed by atoms with E-state index in [0.717, 1.165) is 59.8 Å². The monoisotopic (exact) mass is 397 g/mol. The van der Waals surface area contributed by atoms with Gasteiger partial charge in [-0.2, -0.15) is 0 Å². The number of piperazine rings is 1. The molecule has 1 unspecified atom stereocenters. The van der Waals surface area contributed by atoms with Crippen LogP contribution in [0.5, 0.6) is 0 Å². The molecule has 2 aromatic heterocycles. The third-order valence-electron chi connectivity index (χ3n) is 5.37. The van der Waals surface area contributed by atoms with Crippen molar-refractivity contribution in [3.05, 3.63) is 35.0 Å². The standard InChI is InChI=1S/C19H23N7OS/c1-12(18-22-23-24-26(18)13-5-6-13)21-19(27)17-11-14-15(3-2-4-16(14)28-17)25-9-7-20-8-10-25/h2-4,11-13,20H,5-10H2,1H3,(H,21,27). The number of aromatic nitrogens is 4. The summed E-state index contributed by atoms with van der Waals surface area (Å²) in [4.78, 5) is 16.0. The van der Waals surface area contributed by atoms with Crippen LogP contribution in [-0.4, -0.2) is 52.3 Å². The highest BCUT2D eigenvalue weighted by Crippen LogP contribution is 2.36. The minimum absolute atomic E-state index is 0.0784. The van der Waals surface area contributed by atoms with E-state index in [1.165, 1.54) is 17.0 Å². The Morgan fingerprint density at radius 3 is 2.93 bits per heavy atom. The van der Waals surface area contributed by atoms with Crippen LogP contribution < -0.4 is 15.5 Å². The number of carbonyl (C=O) groups is 1. The van der Waals surface area contributed by atoms with Gasteiger partial charge in [0.05, 0.1) is 17.0 Å². The molecule has 1 aromatic carbocycles. The van der Waals surface area contributed by atoms with E-state index in [9.17, 15) is 4.79 Å². The highest BCUT2D eigenvalue weighted by Gasteiger charge is 2.30. The number of nitrogens with zero attached hydrogens (tertiary/aromatic N) is 5. The van der Waals surface area contributed by atoms with Gasteiger partial charge in [0.15, 0.2) is 5.82 Å². The molecule has 28 heavy (non-hydrogen) atoms. The van der Waals surface area contributed by atoms with Crippen LogP contribution >= 0.6 is 11.3 Å². The number of carbonyl (C=O) groups excluding carboxylic acids is 1. The summed E-state index contributed by atoms with van der Waals surface area (Å²) in [6, 6.07) is 8.47. The first-order chi connectivity index (χ1) is 13.7. The molecule has 8 nitrogen and oxygen atoms in total. The Balaban J connectivity index is 1.38. The van der Waals surface area contributed by atoms with Crippen LogP contribution in [0.15, 0.2) is 24.3 Å². The average Bonchev–Trinajstić information content (AvgIpc) is 3.27. The van der Waals surface area contributed by atoms with Crippen molar-refractivity contribution in [1.82, 2.24) is 30.8 Å². The minimum Gasteiger partial charge on any atom is -0.368 e. The number of rotatable bonds is 5. The molecule has 0 bridgehead atoms. The topological polar surface area (TPSA) is 88.0 Å². The maximum atomic E-state index is 12.9. The normalized spacial score (nSPS) is 18.4. The van der Waals surface area contributed by atoms with Crippen molar-refractivity contribution in [2.24, 2.45) is 0 Å². The number of tetrazole rings is 1. The van der Waals surface area contributed by atoms with Crippen molar-refractivity contribution in [2.45, 2.75) is 31.8 Å². The first-order valence-corrected chi connectivity index (χ1v) is 10.6. The van der Waals surface area contributed by atoms with Gasteiger partial charge in [-0.3, -0.25) is 4.79 Å². The van der Waals surface area contributed by atoms with Gasteiger partial charge in [-0.15, -0.1) is 16.4 Å². The molecule has 1 aliphatic carbocycles. The zero-order valence-corrected chi connectivity index (χ0v) is 16.6. The molecule has 1 atom stereocenters. The summed E-state index contributed by atoms with van der Waals surface area (Å²) in [5, 5.41) is 19.6. The van der Waals surface area contributed by atoms with E-state index in [1.807, 2.05) is 17.7 Å². The molecule has 3 heterocycles. The minimum atomic E-state index is -0.235. The third kappa shape index (κ3) is 3.24. The van der Waals surface area contributed by atoms with Crippen LogP contribution in [0.3, 0.4) is 0 Å². The van der Waals surface area contributed by atoms with Gasteiger partial charge in [0.2, 0.25) is 0 Å². The molecule has 3 aromatic rings. The van der Waals surface area contributed by atoms with Crippen LogP contribution in [0.25, 0.3) is 10.1 Å². The van der Waals surface area contributed by atoms with Gasteiger partial charge in [0.1, 0.15) is 0 Å². The molecular formula is C19H23N7OS. The maximum absolute atomic E-state index is 12.9. The second-order valence-corrected chi connectivity index (χ2v) is 8.53. The first kappa shape index (κ1) is 17.6. The largest absolute Gasteiger partial charge is 0.368 e. The number of nitrogens with one attached hydrogen (secondary N) is 2. The fourth-order valence-corrected chi connectivity index (χ4v) is 4.72. The number of hydrogen-bond donors (Lipinski definition) is 2. The number of hydrogen-bond acceptors (Lipinski definition) is 7. The molecule has 9 heteroatoms. The van der Waals surface area contributed by atoms with Crippen molar-refractivity contribution in [2.75, 3.05) is 31.1 Å². The summed E-state index contributed by atoms with van der Waals surface area (Å²) in [7, 11) is 0. The average molecular weight is 398 g/mol. The molecule has 146 valence electrons. The van der Waals surface area contributed by atoms with Gasteiger partial charge in [-0.05, 0) is 48.4 Å². The summed E-state index contributed by atoms with van der Waals surface area (Å²) >= 11 is 1.53. The molecular weight excluding hydrogens is 374 g/mol. The predicted molar refractivity (Wildman–Crippen MR) is 109 cm³/mol. The molecule has 1 amide bonds. The second-order valence-electron chi connectivity index (χ2n) is 7.44. The Bertz CT molecular complexity index is 1000. The number of amides is 1. The lowest BCUT2D eigenvalue weighted by Gasteiger charge is -2.30. The molecule has 0 spiro atoms. The van der Waals surface area contributed by atoms with Crippen molar-refractivity contribution in [3.8, 4) is 0 Å². The summed E-state index contributed by atoms with van der Waals surface area (Å²) in [6.07, 6.45) is 2.20. The summed E-state index contributed by atoms with van der Waals surface area (Å²) in [5.74, 6) is 0.642. The van der Waals surface area contributed by atoms with Crippen LogP contribution in [-0.2, 0) is 0 Å². The van der Waals surface area contributed by atoms with Crippen molar-refractivity contribution >= 4 is 33.0 Å². The van der Waals surface area contributed by atoms with Gasteiger partial charge in [0, 0.05) is 42.0 Å². The SMILES string of the molecule is CC(NC(=O)c1cc2c(N3CCNCC3)cccc2s1)c1nnnn1C1CC1. The smallest absolute Gasteiger partial charge is 0.261 e. The Kier molecular flexibility index (Phi) is 4.48. The lowest BCUT2D eigenvalue weighted by molar-refractivity contribution is 0.0941. The van der Waals surface area contributed by atoms with Gasteiger partial charge in [0.25, 0.3) is 5.91 Å². The number of anilines is 1. The van der Waals surface area contributed by atoms with Crippen LogP contribution in [0, 0.1) is 0 Å². The Hall–Kier alpha value is -2.52. The van der Waals surface area contributed by atoms with Gasteiger partial charge in [-0.1, -0.05) is 6.07 Å². The van der Waals surface area contributed by atoms with Gasteiger partial charge >= 0.3 is 0 Å². The van der Waals surface area contributed by atoms with Crippen molar-refractivity contribution in [3.63, 3.8) is 0 Å². The molecule has 0 radical (unpaired) electrons. The van der Waals surface area contributed by atoms with E-state index in [1.54, 1.807) is 0 Å². The highest BCUT2D eigenvalue weighted by atomic mass is 32.1. The van der Waals surface area contributed by atoms with E-state index in [4.69, 9.17) is 0 Å². The molecule has 2 aliphatic rings. The summed E-state index contributed by atoms with van der Waals surface area (Å²) in [6.45, 7) is 5.87. The molecule has 1 aliphatic heterocycles. The first-order valence-electron chi connectivity index (χ1n) is 9.77.